The van der Waals surface area contributed by atoms with Crippen LogP contribution in [0.2, 0.25) is 0 Å². The standard InChI is InChI=1S/C13H19NO/c1-2-14(10-13(11-15)8-9-13)12-6-4-3-5-7-12/h3-7,15H,2,8-11H2,1H3. The zero-order valence-corrected chi connectivity index (χ0v) is 9.32. The average molecular weight is 205 g/mol. The first-order valence-corrected chi connectivity index (χ1v) is 5.70. The van der Waals surface area contributed by atoms with Gasteiger partial charge in [-0.25, -0.2) is 0 Å². The van der Waals surface area contributed by atoms with Gasteiger partial charge < -0.3 is 10.0 Å². The SMILES string of the molecule is CCN(CC1(CO)CC1)c1ccccc1. The number of aliphatic hydroxyl groups excluding tert-OH is 1. The van der Waals surface area contributed by atoms with Crippen LogP contribution >= 0.6 is 0 Å². The van der Waals surface area contributed by atoms with Gasteiger partial charge in [0.2, 0.25) is 0 Å². The van der Waals surface area contributed by atoms with E-state index in [-0.39, 0.29) is 5.41 Å². The Morgan fingerprint density at radius 3 is 2.40 bits per heavy atom. The maximum Gasteiger partial charge on any atom is 0.0504 e. The highest BCUT2D eigenvalue weighted by Gasteiger charge is 2.43. The molecule has 0 aliphatic heterocycles. The molecule has 0 spiro atoms. The lowest BCUT2D eigenvalue weighted by Gasteiger charge is -2.27. The van der Waals surface area contributed by atoms with Gasteiger partial charge in [0.25, 0.3) is 0 Å². The molecule has 0 unspecified atom stereocenters. The Hall–Kier alpha value is -1.02. The Morgan fingerprint density at radius 2 is 1.93 bits per heavy atom. The van der Waals surface area contributed by atoms with Gasteiger partial charge in [-0.3, -0.25) is 0 Å². The van der Waals surface area contributed by atoms with Crippen LogP contribution in [0.4, 0.5) is 5.69 Å². The van der Waals surface area contributed by atoms with Crippen LogP contribution in [0, 0.1) is 5.41 Å². The Balaban J connectivity index is 2.05. The van der Waals surface area contributed by atoms with Gasteiger partial charge in [-0.2, -0.15) is 0 Å². The van der Waals surface area contributed by atoms with Crippen LogP contribution in [-0.2, 0) is 0 Å². The third-order valence-corrected chi connectivity index (χ3v) is 3.32. The van der Waals surface area contributed by atoms with Crippen molar-refractivity contribution in [3.63, 3.8) is 0 Å². The van der Waals surface area contributed by atoms with Crippen molar-refractivity contribution >= 4 is 5.69 Å². The van der Waals surface area contributed by atoms with Gasteiger partial charge in [-0.1, -0.05) is 18.2 Å². The van der Waals surface area contributed by atoms with E-state index in [1.807, 2.05) is 6.07 Å². The molecule has 0 aromatic heterocycles. The summed E-state index contributed by atoms with van der Waals surface area (Å²) in [5.74, 6) is 0. The van der Waals surface area contributed by atoms with E-state index in [2.05, 4.69) is 36.1 Å². The molecular formula is C13H19NO. The second kappa shape index (κ2) is 4.23. The fraction of sp³-hybridized carbons (Fsp3) is 0.538. The lowest BCUT2D eigenvalue weighted by molar-refractivity contribution is 0.214. The molecule has 1 aliphatic rings. The minimum Gasteiger partial charge on any atom is -0.396 e. The summed E-state index contributed by atoms with van der Waals surface area (Å²) in [4.78, 5) is 2.35. The van der Waals surface area contributed by atoms with Crippen LogP contribution in [0.3, 0.4) is 0 Å². The fourth-order valence-corrected chi connectivity index (χ4v) is 1.97. The van der Waals surface area contributed by atoms with Crippen molar-refractivity contribution in [2.75, 3.05) is 24.6 Å². The number of anilines is 1. The van der Waals surface area contributed by atoms with Gasteiger partial charge in [-0.15, -0.1) is 0 Å². The molecule has 0 bridgehead atoms. The van der Waals surface area contributed by atoms with E-state index in [1.165, 1.54) is 18.5 Å². The van der Waals surface area contributed by atoms with Crippen molar-refractivity contribution in [2.45, 2.75) is 19.8 Å². The molecule has 1 aromatic carbocycles. The summed E-state index contributed by atoms with van der Waals surface area (Å²) in [6, 6.07) is 10.4. The van der Waals surface area contributed by atoms with Gasteiger partial charge in [0.05, 0.1) is 6.61 Å². The number of rotatable bonds is 5. The van der Waals surface area contributed by atoms with E-state index in [0.29, 0.717) is 6.61 Å². The highest BCUT2D eigenvalue weighted by atomic mass is 16.3. The van der Waals surface area contributed by atoms with Gasteiger partial charge in [-0.05, 0) is 31.9 Å². The van der Waals surface area contributed by atoms with Crippen molar-refractivity contribution < 1.29 is 5.11 Å². The minimum absolute atomic E-state index is 0.200. The number of hydrogen-bond acceptors (Lipinski definition) is 2. The van der Waals surface area contributed by atoms with Crippen molar-refractivity contribution in [1.29, 1.82) is 0 Å². The Kier molecular flexibility index (Phi) is 2.96. The number of benzene rings is 1. The van der Waals surface area contributed by atoms with Crippen LogP contribution in [-0.4, -0.2) is 24.8 Å². The highest BCUT2D eigenvalue weighted by Crippen LogP contribution is 2.46. The molecule has 1 aromatic rings. The van der Waals surface area contributed by atoms with Crippen molar-refractivity contribution in [3.8, 4) is 0 Å². The summed E-state index contributed by atoms with van der Waals surface area (Å²) in [5, 5.41) is 9.32. The largest absolute Gasteiger partial charge is 0.396 e. The first-order chi connectivity index (χ1) is 7.29. The first-order valence-electron chi connectivity index (χ1n) is 5.70. The van der Waals surface area contributed by atoms with Crippen LogP contribution < -0.4 is 4.90 Å². The molecule has 1 N–H and O–H groups in total. The summed E-state index contributed by atoms with van der Waals surface area (Å²) < 4.78 is 0. The molecule has 0 radical (unpaired) electrons. The molecule has 1 fully saturated rings. The van der Waals surface area contributed by atoms with Crippen molar-refractivity contribution in [2.24, 2.45) is 5.41 Å². The summed E-state index contributed by atoms with van der Waals surface area (Å²) >= 11 is 0. The third kappa shape index (κ3) is 2.32. The Morgan fingerprint density at radius 1 is 1.27 bits per heavy atom. The van der Waals surface area contributed by atoms with Crippen LogP contribution in [0.15, 0.2) is 30.3 Å². The Labute approximate surface area is 91.5 Å². The lowest BCUT2D eigenvalue weighted by Crippen LogP contribution is -2.31. The van der Waals surface area contributed by atoms with E-state index in [1.54, 1.807) is 0 Å². The summed E-state index contributed by atoms with van der Waals surface area (Å²) in [6.45, 7) is 4.49. The molecule has 15 heavy (non-hydrogen) atoms. The third-order valence-electron chi connectivity index (χ3n) is 3.32. The summed E-state index contributed by atoms with van der Waals surface area (Å²) in [6.07, 6.45) is 2.35. The minimum atomic E-state index is 0.200. The van der Waals surface area contributed by atoms with Gasteiger partial charge in [0, 0.05) is 24.2 Å². The fourth-order valence-electron chi connectivity index (χ4n) is 1.97. The molecule has 82 valence electrons. The molecule has 1 aliphatic carbocycles. The molecule has 2 heteroatoms. The van der Waals surface area contributed by atoms with Crippen LogP contribution in [0.5, 0.6) is 0 Å². The molecule has 2 nitrogen and oxygen atoms in total. The van der Waals surface area contributed by atoms with Gasteiger partial charge >= 0.3 is 0 Å². The lowest BCUT2D eigenvalue weighted by atomic mass is 10.1. The summed E-state index contributed by atoms with van der Waals surface area (Å²) in [5.41, 5.74) is 1.46. The van der Waals surface area contributed by atoms with Crippen molar-refractivity contribution in [3.05, 3.63) is 30.3 Å². The quantitative estimate of drug-likeness (QED) is 0.797. The molecule has 0 saturated heterocycles. The number of hydrogen-bond donors (Lipinski definition) is 1. The first kappa shape index (κ1) is 10.5. The summed E-state index contributed by atoms with van der Waals surface area (Å²) in [7, 11) is 0. The maximum absolute atomic E-state index is 9.32. The predicted molar refractivity (Wildman–Crippen MR) is 63.1 cm³/mol. The molecular weight excluding hydrogens is 186 g/mol. The normalized spacial score (nSPS) is 17.5. The van der Waals surface area contributed by atoms with Crippen LogP contribution in [0.1, 0.15) is 19.8 Å². The zero-order valence-electron chi connectivity index (χ0n) is 9.32. The van der Waals surface area contributed by atoms with Gasteiger partial charge in [0.15, 0.2) is 0 Å². The highest BCUT2D eigenvalue weighted by molar-refractivity contribution is 5.46. The maximum atomic E-state index is 9.32. The van der Waals surface area contributed by atoms with Gasteiger partial charge in [0.1, 0.15) is 0 Å². The zero-order chi connectivity index (χ0) is 10.7. The molecule has 0 heterocycles. The van der Waals surface area contributed by atoms with E-state index >= 15 is 0 Å². The molecule has 1 saturated carbocycles. The average Bonchev–Trinajstić information content (AvgIpc) is 3.08. The Bertz CT molecular complexity index is 306. The number of nitrogens with zero attached hydrogens (tertiary/aromatic N) is 1. The number of aliphatic hydroxyl groups is 1. The van der Waals surface area contributed by atoms with E-state index in [4.69, 9.17) is 0 Å². The smallest absolute Gasteiger partial charge is 0.0504 e. The predicted octanol–water partition coefficient (Wildman–Crippen LogP) is 2.29. The second-order valence-corrected chi connectivity index (χ2v) is 4.51. The van der Waals surface area contributed by atoms with E-state index in [0.717, 1.165) is 13.1 Å². The van der Waals surface area contributed by atoms with E-state index in [9.17, 15) is 5.11 Å². The molecule has 0 amide bonds. The molecule has 2 rings (SSSR count). The molecule has 0 atom stereocenters. The van der Waals surface area contributed by atoms with E-state index < -0.39 is 0 Å². The van der Waals surface area contributed by atoms with Crippen LogP contribution in [0.25, 0.3) is 0 Å². The topological polar surface area (TPSA) is 23.5 Å². The second-order valence-electron chi connectivity index (χ2n) is 4.51. The number of para-hydroxylation sites is 1. The monoisotopic (exact) mass is 205 g/mol. The van der Waals surface area contributed by atoms with Crippen molar-refractivity contribution in [1.82, 2.24) is 0 Å².